The summed E-state index contributed by atoms with van der Waals surface area (Å²) in [6, 6.07) is 20.7. The van der Waals surface area contributed by atoms with Gasteiger partial charge in [-0.25, -0.2) is 0 Å². The molecule has 0 spiro atoms. The van der Waals surface area contributed by atoms with Gasteiger partial charge in [-0.15, -0.1) is 12.4 Å². The van der Waals surface area contributed by atoms with Gasteiger partial charge in [-0.2, -0.15) is 0 Å². The highest BCUT2D eigenvalue weighted by Crippen LogP contribution is 2.14. The van der Waals surface area contributed by atoms with E-state index in [0.717, 1.165) is 18.8 Å². The topological polar surface area (TPSA) is 34.1 Å². The van der Waals surface area contributed by atoms with Gasteiger partial charge in [0.1, 0.15) is 12.4 Å². The normalized spacial score (nSPS) is 10.1. The molecule has 0 radical (unpaired) electrons. The fourth-order valence-corrected chi connectivity index (χ4v) is 2.41. The average molecular weight is 355 g/mol. The Labute approximate surface area is 155 Å². The predicted octanol–water partition coefficient (Wildman–Crippen LogP) is 4.68. The molecule has 3 nitrogen and oxygen atoms in total. The third-order valence-corrected chi connectivity index (χ3v) is 3.83. The number of aromatic nitrogens is 1. The average Bonchev–Trinajstić information content (AvgIpc) is 2.63. The van der Waals surface area contributed by atoms with Crippen molar-refractivity contribution in [3.05, 3.63) is 95.3 Å². The van der Waals surface area contributed by atoms with Crippen molar-refractivity contribution in [2.75, 3.05) is 0 Å². The number of pyridine rings is 1. The first-order valence-electron chi connectivity index (χ1n) is 8.16. The van der Waals surface area contributed by atoms with Crippen LogP contribution in [0.1, 0.15) is 22.3 Å². The molecule has 1 heterocycles. The first-order chi connectivity index (χ1) is 11.8. The molecule has 0 saturated heterocycles. The Morgan fingerprint density at radius 1 is 0.840 bits per heavy atom. The fraction of sp³-hybridized carbons (Fsp3) is 0.190. The Balaban J connectivity index is 0.00000225. The Morgan fingerprint density at radius 2 is 1.52 bits per heavy atom. The summed E-state index contributed by atoms with van der Waals surface area (Å²) in [4.78, 5) is 4.12. The molecule has 0 saturated carbocycles. The number of nitrogens with one attached hydrogen (secondary N) is 1. The molecule has 0 aliphatic rings. The van der Waals surface area contributed by atoms with Gasteiger partial charge in [0.05, 0.1) is 0 Å². The molecule has 0 atom stereocenters. The van der Waals surface area contributed by atoms with E-state index in [1.807, 2.05) is 24.4 Å². The second kappa shape index (κ2) is 9.82. The minimum atomic E-state index is 0. The number of benzene rings is 2. The Bertz CT molecular complexity index is 743. The van der Waals surface area contributed by atoms with Gasteiger partial charge >= 0.3 is 0 Å². The van der Waals surface area contributed by atoms with Gasteiger partial charge in [-0.3, -0.25) is 4.98 Å². The molecule has 3 rings (SSSR count). The lowest BCUT2D eigenvalue weighted by Crippen LogP contribution is -2.12. The van der Waals surface area contributed by atoms with Crippen LogP contribution in [-0.4, -0.2) is 4.98 Å². The highest BCUT2D eigenvalue weighted by molar-refractivity contribution is 5.85. The number of hydrogen-bond acceptors (Lipinski definition) is 3. The summed E-state index contributed by atoms with van der Waals surface area (Å²) in [5, 5.41) is 3.42. The molecule has 0 bridgehead atoms. The number of ether oxygens (including phenoxy) is 1. The second-order valence-electron chi connectivity index (χ2n) is 5.88. The molecule has 130 valence electrons. The molecule has 0 amide bonds. The summed E-state index contributed by atoms with van der Waals surface area (Å²) < 4.78 is 5.83. The zero-order valence-electron chi connectivity index (χ0n) is 14.3. The summed E-state index contributed by atoms with van der Waals surface area (Å²) in [5.41, 5.74) is 4.88. The molecule has 2 aromatic carbocycles. The second-order valence-corrected chi connectivity index (χ2v) is 5.88. The van der Waals surface area contributed by atoms with Crippen LogP contribution in [0.15, 0.2) is 73.1 Å². The van der Waals surface area contributed by atoms with Crippen LogP contribution in [-0.2, 0) is 19.7 Å². The molecule has 3 aromatic rings. The zero-order valence-corrected chi connectivity index (χ0v) is 15.1. The molecule has 1 aromatic heterocycles. The molecular weight excluding hydrogens is 332 g/mol. The van der Waals surface area contributed by atoms with Gasteiger partial charge in [-0.1, -0.05) is 48.0 Å². The van der Waals surface area contributed by atoms with E-state index in [1.54, 1.807) is 6.20 Å². The Kier molecular flexibility index (Phi) is 7.45. The lowest BCUT2D eigenvalue weighted by Gasteiger charge is -2.08. The van der Waals surface area contributed by atoms with Crippen molar-refractivity contribution in [3.8, 4) is 5.75 Å². The van der Waals surface area contributed by atoms with E-state index < -0.39 is 0 Å². The van der Waals surface area contributed by atoms with E-state index in [-0.39, 0.29) is 12.4 Å². The molecule has 1 N–H and O–H groups in total. The van der Waals surface area contributed by atoms with Crippen molar-refractivity contribution in [2.24, 2.45) is 0 Å². The van der Waals surface area contributed by atoms with E-state index in [4.69, 9.17) is 4.74 Å². The van der Waals surface area contributed by atoms with Crippen molar-refractivity contribution < 1.29 is 4.74 Å². The van der Waals surface area contributed by atoms with Gasteiger partial charge in [-0.05, 0) is 41.8 Å². The maximum Gasteiger partial charge on any atom is 0.119 e. The lowest BCUT2D eigenvalue weighted by molar-refractivity contribution is 0.306. The third-order valence-electron chi connectivity index (χ3n) is 3.83. The minimum absolute atomic E-state index is 0. The van der Waals surface area contributed by atoms with Crippen LogP contribution in [0.4, 0.5) is 0 Å². The number of nitrogens with zero attached hydrogens (tertiary/aromatic N) is 1. The van der Waals surface area contributed by atoms with Crippen molar-refractivity contribution in [1.29, 1.82) is 0 Å². The first kappa shape index (κ1) is 19.0. The van der Waals surface area contributed by atoms with Gasteiger partial charge in [0.15, 0.2) is 0 Å². The molecule has 0 fully saturated rings. The van der Waals surface area contributed by atoms with Crippen LogP contribution in [0.2, 0.25) is 0 Å². The Morgan fingerprint density at radius 3 is 2.20 bits per heavy atom. The van der Waals surface area contributed by atoms with E-state index >= 15 is 0 Å². The molecule has 25 heavy (non-hydrogen) atoms. The van der Waals surface area contributed by atoms with E-state index in [0.29, 0.717) is 6.61 Å². The smallest absolute Gasteiger partial charge is 0.119 e. The van der Waals surface area contributed by atoms with Crippen LogP contribution in [0.25, 0.3) is 0 Å². The van der Waals surface area contributed by atoms with Crippen molar-refractivity contribution in [1.82, 2.24) is 10.3 Å². The van der Waals surface area contributed by atoms with Crippen LogP contribution < -0.4 is 10.1 Å². The van der Waals surface area contributed by atoms with Gasteiger partial charge in [0, 0.05) is 25.5 Å². The number of halogens is 1. The zero-order chi connectivity index (χ0) is 16.6. The predicted molar refractivity (Wildman–Crippen MR) is 104 cm³/mol. The largest absolute Gasteiger partial charge is 0.489 e. The highest BCUT2D eigenvalue weighted by atomic mass is 35.5. The molecule has 0 aliphatic carbocycles. The monoisotopic (exact) mass is 354 g/mol. The van der Waals surface area contributed by atoms with E-state index in [9.17, 15) is 0 Å². The maximum atomic E-state index is 5.83. The standard InChI is InChI=1S/C21H22N2O.ClH/c1-17-4-6-19(7-5-17)16-24-21-10-8-18(9-11-21)13-23-15-20-3-2-12-22-14-20;/h2-12,14,23H,13,15-16H2,1H3;1H. The summed E-state index contributed by atoms with van der Waals surface area (Å²) in [7, 11) is 0. The molecule has 4 heteroatoms. The van der Waals surface area contributed by atoms with Crippen molar-refractivity contribution in [2.45, 2.75) is 26.6 Å². The van der Waals surface area contributed by atoms with Crippen LogP contribution in [0.5, 0.6) is 5.75 Å². The van der Waals surface area contributed by atoms with Gasteiger partial charge in [0.2, 0.25) is 0 Å². The number of rotatable bonds is 7. The van der Waals surface area contributed by atoms with Crippen LogP contribution in [0.3, 0.4) is 0 Å². The molecular formula is C21H23ClN2O. The number of aryl methyl sites for hydroxylation is 1. The van der Waals surface area contributed by atoms with Crippen molar-refractivity contribution >= 4 is 12.4 Å². The van der Waals surface area contributed by atoms with Crippen LogP contribution >= 0.6 is 12.4 Å². The SMILES string of the molecule is Cc1ccc(COc2ccc(CNCc3cccnc3)cc2)cc1.Cl. The Hall–Kier alpha value is -2.36. The van der Waals surface area contributed by atoms with E-state index in [1.165, 1.54) is 22.3 Å². The van der Waals surface area contributed by atoms with Gasteiger partial charge < -0.3 is 10.1 Å². The summed E-state index contributed by atoms with van der Waals surface area (Å²) >= 11 is 0. The van der Waals surface area contributed by atoms with Gasteiger partial charge in [0.25, 0.3) is 0 Å². The maximum absolute atomic E-state index is 5.83. The first-order valence-corrected chi connectivity index (χ1v) is 8.16. The van der Waals surface area contributed by atoms with E-state index in [2.05, 4.69) is 59.7 Å². The van der Waals surface area contributed by atoms with Crippen molar-refractivity contribution in [3.63, 3.8) is 0 Å². The molecule has 0 aliphatic heterocycles. The summed E-state index contributed by atoms with van der Waals surface area (Å²) in [6.45, 7) is 4.33. The molecule has 0 unspecified atom stereocenters. The third kappa shape index (κ3) is 6.22. The fourth-order valence-electron chi connectivity index (χ4n) is 2.41. The number of hydrogen-bond donors (Lipinski definition) is 1. The highest BCUT2D eigenvalue weighted by Gasteiger charge is 1.98. The van der Waals surface area contributed by atoms with Crippen LogP contribution in [0, 0.1) is 6.92 Å². The lowest BCUT2D eigenvalue weighted by atomic mass is 10.2. The summed E-state index contributed by atoms with van der Waals surface area (Å²) in [6.07, 6.45) is 3.67. The quantitative estimate of drug-likeness (QED) is 0.668. The minimum Gasteiger partial charge on any atom is -0.489 e. The summed E-state index contributed by atoms with van der Waals surface area (Å²) in [5.74, 6) is 0.895.